The minimum absolute atomic E-state index is 0.0914. The normalized spacial score (nSPS) is 18.8. The van der Waals surface area contributed by atoms with Gasteiger partial charge in [-0.25, -0.2) is 0 Å². The maximum absolute atomic E-state index is 12.1. The van der Waals surface area contributed by atoms with E-state index in [0.717, 1.165) is 0 Å². The summed E-state index contributed by atoms with van der Waals surface area (Å²) < 4.78 is 10.4. The van der Waals surface area contributed by atoms with Gasteiger partial charge < -0.3 is 14.6 Å². The van der Waals surface area contributed by atoms with Gasteiger partial charge in [0.15, 0.2) is 5.41 Å². The third kappa shape index (κ3) is 2.16. The lowest BCUT2D eigenvalue weighted by Gasteiger charge is -2.35. The first-order chi connectivity index (χ1) is 9.03. The number of carbonyl (C=O) groups is 2. The largest absolute Gasteiger partial charge is 0.508 e. The molecule has 1 aromatic carbocycles. The average Bonchev–Trinajstić information content (AvgIpc) is 2.40. The molecule has 19 heavy (non-hydrogen) atoms. The van der Waals surface area contributed by atoms with Crippen LogP contribution >= 0.6 is 0 Å². The Hall–Kier alpha value is -2.04. The number of ether oxygens (including phenoxy) is 2. The highest BCUT2D eigenvalue weighted by Gasteiger charge is 2.51. The minimum Gasteiger partial charge on any atom is -0.508 e. The second-order valence-electron chi connectivity index (χ2n) is 4.52. The Morgan fingerprint density at radius 2 is 1.53 bits per heavy atom. The van der Waals surface area contributed by atoms with Crippen LogP contribution in [0.25, 0.3) is 0 Å². The molecule has 0 saturated carbocycles. The molecule has 1 aliphatic heterocycles. The molecule has 1 fully saturated rings. The van der Waals surface area contributed by atoms with Crippen molar-refractivity contribution in [1.29, 1.82) is 0 Å². The number of cyclic esters (lactones) is 2. The standard InChI is InChI=1S/C14H16O5/c1-3-14(4-2)12(16)18-11(19-13(14)17)9-5-7-10(15)8-6-9/h5-8,11,15H,3-4H2,1-2H3. The van der Waals surface area contributed by atoms with Crippen LogP contribution in [0.2, 0.25) is 0 Å². The first-order valence-electron chi connectivity index (χ1n) is 6.24. The van der Waals surface area contributed by atoms with Crippen molar-refractivity contribution in [3.8, 4) is 5.75 Å². The smallest absolute Gasteiger partial charge is 0.326 e. The van der Waals surface area contributed by atoms with Crippen molar-refractivity contribution < 1.29 is 24.2 Å². The second-order valence-corrected chi connectivity index (χ2v) is 4.52. The number of hydrogen-bond donors (Lipinski definition) is 1. The summed E-state index contributed by atoms with van der Waals surface area (Å²) in [6.07, 6.45) is -0.334. The zero-order valence-corrected chi connectivity index (χ0v) is 10.9. The lowest BCUT2D eigenvalue weighted by molar-refractivity contribution is -0.226. The van der Waals surface area contributed by atoms with E-state index in [9.17, 15) is 14.7 Å². The third-order valence-corrected chi connectivity index (χ3v) is 3.58. The number of hydrogen-bond acceptors (Lipinski definition) is 5. The summed E-state index contributed by atoms with van der Waals surface area (Å²) in [6.45, 7) is 3.51. The van der Waals surface area contributed by atoms with E-state index in [4.69, 9.17) is 9.47 Å². The van der Waals surface area contributed by atoms with Crippen LogP contribution in [0.1, 0.15) is 38.5 Å². The van der Waals surface area contributed by atoms with E-state index < -0.39 is 23.6 Å². The van der Waals surface area contributed by atoms with Crippen LogP contribution in [0, 0.1) is 5.41 Å². The van der Waals surface area contributed by atoms with Gasteiger partial charge in [0.1, 0.15) is 5.75 Å². The summed E-state index contributed by atoms with van der Waals surface area (Å²) in [6, 6.07) is 5.98. The molecule has 0 bridgehead atoms. The summed E-state index contributed by atoms with van der Waals surface area (Å²) in [5.74, 6) is -1.01. The van der Waals surface area contributed by atoms with Crippen molar-refractivity contribution >= 4 is 11.9 Å². The molecular weight excluding hydrogens is 248 g/mol. The fourth-order valence-electron chi connectivity index (χ4n) is 2.12. The Morgan fingerprint density at radius 1 is 1.05 bits per heavy atom. The predicted octanol–water partition coefficient (Wildman–Crippen LogP) is 2.30. The van der Waals surface area contributed by atoms with Gasteiger partial charge in [0.25, 0.3) is 6.29 Å². The summed E-state index contributed by atoms with van der Waals surface area (Å²) in [7, 11) is 0. The Balaban J connectivity index is 2.25. The highest BCUT2D eigenvalue weighted by molar-refractivity contribution is 6.01. The fourth-order valence-corrected chi connectivity index (χ4v) is 2.12. The van der Waals surface area contributed by atoms with Gasteiger partial charge in [0.05, 0.1) is 0 Å². The van der Waals surface area contributed by atoms with Crippen molar-refractivity contribution in [1.82, 2.24) is 0 Å². The van der Waals surface area contributed by atoms with E-state index >= 15 is 0 Å². The van der Waals surface area contributed by atoms with Crippen LogP contribution in [0.5, 0.6) is 5.75 Å². The lowest BCUT2D eigenvalue weighted by Crippen LogP contribution is -2.46. The van der Waals surface area contributed by atoms with E-state index in [0.29, 0.717) is 18.4 Å². The van der Waals surface area contributed by atoms with Crippen LogP contribution in [0.15, 0.2) is 24.3 Å². The van der Waals surface area contributed by atoms with Crippen LogP contribution < -0.4 is 0 Å². The van der Waals surface area contributed by atoms with Gasteiger partial charge in [-0.3, -0.25) is 9.59 Å². The quantitative estimate of drug-likeness (QED) is 0.670. The zero-order chi connectivity index (χ0) is 14.0. The second kappa shape index (κ2) is 4.91. The number of benzene rings is 1. The Labute approximate surface area is 111 Å². The summed E-state index contributed by atoms with van der Waals surface area (Å²) in [5.41, 5.74) is -0.673. The van der Waals surface area contributed by atoms with Gasteiger partial charge in [-0.05, 0) is 37.1 Å². The highest BCUT2D eigenvalue weighted by atomic mass is 16.7. The summed E-state index contributed by atoms with van der Waals surface area (Å²) in [4.78, 5) is 24.1. The van der Waals surface area contributed by atoms with Crippen LogP contribution in [0.4, 0.5) is 0 Å². The summed E-state index contributed by atoms with van der Waals surface area (Å²) >= 11 is 0. The molecular formula is C14H16O5. The Morgan fingerprint density at radius 3 is 1.95 bits per heavy atom. The molecule has 1 N–H and O–H groups in total. The van der Waals surface area contributed by atoms with E-state index in [2.05, 4.69) is 0 Å². The molecule has 0 radical (unpaired) electrons. The number of phenolic OH excluding ortho intramolecular Hbond substituents is 1. The van der Waals surface area contributed by atoms with Crippen LogP contribution in [0.3, 0.4) is 0 Å². The van der Waals surface area contributed by atoms with Gasteiger partial charge in [0.2, 0.25) is 0 Å². The van der Waals surface area contributed by atoms with Crippen molar-refractivity contribution in [3.05, 3.63) is 29.8 Å². The number of esters is 2. The van der Waals surface area contributed by atoms with Crippen molar-refractivity contribution in [2.75, 3.05) is 0 Å². The molecule has 0 unspecified atom stereocenters. The molecule has 1 aliphatic rings. The molecule has 0 atom stereocenters. The number of phenols is 1. The molecule has 1 aromatic rings. The van der Waals surface area contributed by atoms with Gasteiger partial charge in [0, 0.05) is 5.56 Å². The summed E-state index contributed by atoms with van der Waals surface area (Å²) in [5, 5.41) is 9.20. The first kappa shape index (κ1) is 13.4. The van der Waals surface area contributed by atoms with Crippen molar-refractivity contribution in [2.24, 2.45) is 5.41 Å². The van der Waals surface area contributed by atoms with Crippen molar-refractivity contribution in [2.45, 2.75) is 33.0 Å². The average molecular weight is 264 g/mol. The van der Waals surface area contributed by atoms with Gasteiger partial charge in [-0.15, -0.1) is 0 Å². The van der Waals surface area contributed by atoms with Crippen molar-refractivity contribution in [3.63, 3.8) is 0 Å². The first-order valence-corrected chi connectivity index (χ1v) is 6.24. The zero-order valence-electron chi connectivity index (χ0n) is 10.9. The van der Waals surface area contributed by atoms with Gasteiger partial charge in [-0.1, -0.05) is 13.8 Å². The van der Waals surface area contributed by atoms with E-state index in [-0.39, 0.29) is 5.75 Å². The number of aromatic hydroxyl groups is 1. The molecule has 0 amide bonds. The molecule has 1 saturated heterocycles. The fraction of sp³-hybridized carbons (Fsp3) is 0.429. The lowest BCUT2D eigenvalue weighted by atomic mass is 9.82. The number of carbonyl (C=O) groups excluding carboxylic acids is 2. The molecule has 5 heteroatoms. The minimum atomic E-state index is -1.19. The van der Waals surface area contributed by atoms with Gasteiger partial charge in [-0.2, -0.15) is 0 Å². The van der Waals surface area contributed by atoms with Crippen LogP contribution in [-0.4, -0.2) is 17.0 Å². The Kier molecular flexibility index (Phi) is 3.46. The maximum Gasteiger partial charge on any atom is 0.326 e. The van der Waals surface area contributed by atoms with Gasteiger partial charge >= 0.3 is 11.9 Å². The molecule has 5 nitrogen and oxygen atoms in total. The molecule has 2 rings (SSSR count). The monoisotopic (exact) mass is 264 g/mol. The topological polar surface area (TPSA) is 72.8 Å². The van der Waals surface area contributed by atoms with Crippen LogP contribution in [-0.2, 0) is 19.1 Å². The predicted molar refractivity (Wildman–Crippen MR) is 66.0 cm³/mol. The molecule has 0 aliphatic carbocycles. The highest BCUT2D eigenvalue weighted by Crippen LogP contribution is 2.38. The van der Waals surface area contributed by atoms with E-state index in [1.165, 1.54) is 12.1 Å². The number of rotatable bonds is 3. The molecule has 1 heterocycles. The molecule has 0 spiro atoms. The maximum atomic E-state index is 12.1. The SMILES string of the molecule is CCC1(CC)C(=O)OC(c2ccc(O)cc2)OC1=O. The third-order valence-electron chi connectivity index (χ3n) is 3.58. The molecule has 0 aromatic heterocycles. The van der Waals surface area contributed by atoms with E-state index in [1.807, 2.05) is 0 Å². The van der Waals surface area contributed by atoms with E-state index in [1.54, 1.807) is 26.0 Å². The Bertz CT molecular complexity index is 467. The molecule has 102 valence electrons.